The second kappa shape index (κ2) is 7.69. The average molecular weight is 400 g/mol. The zero-order valence-corrected chi connectivity index (χ0v) is 15.5. The lowest BCUT2D eigenvalue weighted by atomic mass is 9.96. The first-order chi connectivity index (χ1) is 13.9. The number of para-hydroxylation sites is 1. The molecule has 5 nitrogen and oxygen atoms in total. The van der Waals surface area contributed by atoms with Crippen molar-refractivity contribution in [2.45, 2.75) is 19.0 Å². The zero-order valence-electron chi connectivity index (χ0n) is 15.5. The SMILES string of the molecule is O=C(c1cn(-c2ccccc2)nc1-c1cccnc1)N1CCC[C@@H](C(F)(F)F)C1. The molecule has 1 atom stereocenters. The highest BCUT2D eigenvalue weighted by molar-refractivity contribution is 6.00. The predicted molar refractivity (Wildman–Crippen MR) is 101 cm³/mol. The number of alkyl halides is 3. The van der Waals surface area contributed by atoms with Crippen LogP contribution >= 0.6 is 0 Å². The fraction of sp³-hybridized carbons (Fsp3) is 0.286. The van der Waals surface area contributed by atoms with Crippen LogP contribution in [0.5, 0.6) is 0 Å². The Balaban J connectivity index is 1.72. The van der Waals surface area contributed by atoms with E-state index in [9.17, 15) is 18.0 Å². The van der Waals surface area contributed by atoms with Crippen molar-refractivity contribution in [2.24, 2.45) is 5.92 Å². The van der Waals surface area contributed by atoms with Crippen LogP contribution in [0.1, 0.15) is 23.2 Å². The second-order valence-corrected chi connectivity index (χ2v) is 7.05. The molecule has 0 N–H and O–H groups in total. The van der Waals surface area contributed by atoms with Gasteiger partial charge in [-0.15, -0.1) is 0 Å². The van der Waals surface area contributed by atoms with Gasteiger partial charge in [0.25, 0.3) is 5.91 Å². The van der Waals surface area contributed by atoms with Gasteiger partial charge >= 0.3 is 6.18 Å². The number of likely N-dealkylation sites (tertiary alicyclic amines) is 1. The van der Waals surface area contributed by atoms with Crippen molar-refractivity contribution in [1.29, 1.82) is 0 Å². The minimum absolute atomic E-state index is 0.0476. The molecule has 3 heterocycles. The molecule has 1 saturated heterocycles. The summed E-state index contributed by atoms with van der Waals surface area (Å²) in [4.78, 5) is 18.6. The van der Waals surface area contributed by atoms with Gasteiger partial charge in [0.2, 0.25) is 0 Å². The molecule has 0 spiro atoms. The van der Waals surface area contributed by atoms with Gasteiger partial charge in [0, 0.05) is 37.2 Å². The highest BCUT2D eigenvalue weighted by Gasteiger charge is 2.43. The molecule has 0 saturated carbocycles. The molecule has 0 bridgehead atoms. The lowest BCUT2D eigenvalue weighted by Gasteiger charge is -2.33. The summed E-state index contributed by atoms with van der Waals surface area (Å²) in [6.45, 7) is -0.0280. The smallest absolute Gasteiger partial charge is 0.338 e. The topological polar surface area (TPSA) is 51.0 Å². The average Bonchev–Trinajstić information content (AvgIpc) is 3.19. The molecule has 150 valence electrons. The Morgan fingerprint density at radius 2 is 1.90 bits per heavy atom. The number of hydrogen-bond donors (Lipinski definition) is 0. The van der Waals surface area contributed by atoms with E-state index >= 15 is 0 Å². The highest BCUT2D eigenvalue weighted by atomic mass is 19.4. The number of aromatic nitrogens is 3. The summed E-state index contributed by atoms with van der Waals surface area (Å²) in [6.07, 6.45) is 0.842. The fourth-order valence-electron chi connectivity index (χ4n) is 3.56. The maximum atomic E-state index is 13.2. The number of halogens is 3. The molecule has 0 radical (unpaired) electrons. The summed E-state index contributed by atoms with van der Waals surface area (Å²) >= 11 is 0. The fourth-order valence-corrected chi connectivity index (χ4v) is 3.56. The third-order valence-electron chi connectivity index (χ3n) is 5.07. The monoisotopic (exact) mass is 400 g/mol. The molecule has 1 amide bonds. The van der Waals surface area contributed by atoms with Crippen LogP contribution in [0.4, 0.5) is 13.2 Å². The van der Waals surface area contributed by atoms with Crippen LogP contribution in [0.2, 0.25) is 0 Å². The largest absolute Gasteiger partial charge is 0.393 e. The lowest BCUT2D eigenvalue weighted by molar-refractivity contribution is -0.184. The summed E-state index contributed by atoms with van der Waals surface area (Å²) in [5, 5.41) is 4.54. The zero-order chi connectivity index (χ0) is 20.4. The summed E-state index contributed by atoms with van der Waals surface area (Å²) in [6, 6.07) is 12.7. The normalized spacial score (nSPS) is 17.3. The van der Waals surface area contributed by atoms with E-state index in [0.29, 0.717) is 24.2 Å². The number of carbonyl (C=O) groups is 1. The number of benzene rings is 1. The van der Waals surface area contributed by atoms with Crippen LogP contribution in [0.3, 0.4) is 0 Å². The Kier molecular flexibility index (Phi) is 5.08. The third kappa shape index (κ3) is 4.01. The molecule has 3 aromatic rings. The van der Waals surface area contributed by atoms with Crippen molar-refractivity contribution in [2.75, 3.05) is 13.1 Å². The first-order valence-corrected chi connectivity index (χ1v) is 9.35. The number of piperidine rings is 1. The van der Waals surface area contributed by atoms with Crippen molar-refractivity contribution >= 4 is 5.91 Å². The minimum Gasteiger partial charge on any atom is -0.338 e. The summed E-state index contributed by atoms with van der Waals surface area (Å²) in [5.41, 5.74) is 2.06. The lowest BCUT2D eigenvalue weighted by Crippen LogP contribution is -2.44. The first kappa shape index (κ1) is 19.2. The van der Waals surface area contributed by atoms with Crippen LogP contribution < -0.4 is 0 Å². The molecule has 0 aliphatic carbocycles. The van der Waals surface area contributed by atoms with E-state index in [1.54, 1.807) is 35.4 Å². The van der Waals surface area contributed by atoms with Crippen molar-refractivity contribution in [3.63, 3.8) is 0 Å². The molecule has 1 aliphatic heterocycles. The summed E-state index contributed by atoms with van der Waals surface area (Å²) in [7, 11) is 0. The summed E-state index contributed by atoms with van der Waals surface area (Å²) < 4.78 is 41.1. The van der Waals surface area contributed by atoms with Gasteiger partial charge in [0.1, 0.15) is 5.69 Å². The van der Waals surface area contributed by atoms with Gasteiger partial charge in [-0.1, -0.05) is 18.2 Å². The van der Waals surface area contributed by atoms with Crippen LogP contribution in [0.25, 0.3) is 16.9 Å². The molecular weight excluding hydrogens is 381 g/mol. The van der Waals surface area contributed by atoms with E-state index in [2.05, 4.69) is 10.1 Å². The van der Waals surface area contributed by atoms with E-state index in [-0.39, 0.29) is 18.5 Å². The minimum atomic E-state index is -4.31. The molecular formula is C21H19F3N4O. The Labute approximate surface area is 165 Å². The molecule has 1 fully saturated rings. The predicted octanol–water partition coefficient (Wildman–Crippen LogP) is 4.35. The third-order valence-corrected chi connectivity index (χ3v) is 5.07. The molecule has 2 aromatic heterocycles. The number of pyridine rings is 1. The van der Waals surface area contributed by atoms with E-state index in [4.69, 9.17) is 0 Å². The van der Waals surface area contributed by atoms with Gasteiger partial charge in [0.05, 0.1) is 17.2 Å². The quantitative estimate of drug-likeness (QED) is 0.657. The van der Waals surface area contributed by atoms with Crippen molar-refractivity contribution in [3.8, 4) is 16.9 Å². The van der Waals surface area contributed by atoms with Crippen LogP contribution in [-0.2, 0) is 0 Å². The number of carbonyl (C=O) groups excluding carboxylic acids is 1. The molecule has 29 heavy (non-hydrogen) atoms. The molecule has 0 unspecified atom stereocenters. The first-order valence-electron chi connectivity index (χ1n) is 9.35. The van der Waals surface area contributed by atoms with E-state index in [1.165, 1.54) is 4.90 Å². The van der Waals surface area contributed by atoms with E-state index < -0.39 is 18.0 Å². The van der Waals surface area contributed by atoms with E-state index in [1.807, 2.05) is 30.3 Å². The van der Waals surface area contributed by atoms with Gasteiger partial charge in [-0.3, -0.25) is 9.78 Å². The standard InChI is InChI=1S/C21H19F3N4O/c22-21(23,24)16-7-5-11-27(13-16)20(29)18-14-28(17-8-2-1-3-9-17)26-19(18)15-6-4-10-25-12-15/h1-4,6,8-10,12,14,16H,5,7,11,13H2/t16-/m1/s1. The Morgan fingerprint density at radius 1 is 1.10 bits per heavy atom. The van der Waals surface area contributed by atoms with Crippen LogP contribution in [0.15, 0.2) is 61.1 Å². The maximum Gasteiger partial charge on any atom is 0.393 e. The van der Waals surface area contributed by atoms with Crippen molar-refractivity contribution < 1.29 is 18.0 Å². The number of nitrogens with zero attached hydrogens (tertiary/aromatic N) is 4. The molecule has 1 aromatic carbocycles. The van der Waals surface area contributed by atoms with Gasteiger partial charge in [-0.05, 0) is 37.1 Å². The number of hydrogen-bond acceptors (Lipinski definition) is 3. The second-order valence-electron chi connectivity index (χ2n) is 7.05. The van der Waals surface area contributed by atoms with E-state index in [0.717, 1.165) is 5.69 Å². The van der Waals surface area contributed by atoms with Gasteiger partial charge in [0.15, 0.2) is 0 Å². The molecule has 8 heteroatoms. The van der Waals surface area contributed by atoms with Gasteiger partial charge < -0.3 is 4.90 Å². The summed E-state index contributed by atoms with van der Waals surface area (Å²) in [5.74, 6) is -1.94. The Morgan fingerprint density at radius 3 is 2.59 bits per heavy atom. The van der Waals surface area contributed by atoms with Crippen LogP contribution in [-0.4, -0.2) is 44.8 Å². The molecule has 1 aliphatic rings. The Bertz CT molecular complexity index is 986. The Hall–Kier alpha value is -3.16. The van der Waals surface area contributed by atoms with Crippen LogP contribution in [0, 0.1) is 5.92 Å². The number of rotatable bonds is 3. The maximum absolute atomic E-state index is 13.2. The van der Waals surface area contributed by atoms with Crippen molar-refractivity contribution in [1.82, 2.24) is 19.7 Å². The van der Waals surface area contributed by atoms with Gasteiger partial charge in [-0.2, -0.15) is 18.3 Å². The van der Waals surface area contributed by atoms with Crippen molar-refractivity contribution in [3.05, 3.63) is 66.6 Å². The highest BCUT2D eigenvalue weighted by Crippen LogP contribution is 2.34. The number of amides is 1. The van der Waals surface area contributed by atoms with Gasteiger partial charge in [-0.25, -0.2) is 4.68 Å². The molecule has 4 rings (SSSR count).